The van der Waals surface area contributed by atoms with Crippen LogP contribution in [0.2, 0.25) is 0 Å². The summed E-state index contributed by atoms with van der Waals surface area (Å²) >= 11 is 0. The normalized spacial score (nSPS) is 38.0. The fourth-order valence-corrected chi connectivity index (χ4v) is 3.54. The zero-order valence-electron chi connectivity index (χ0n) is 10.6. The molecule has 0 aromatic heterocycles. The monoisotopic (exact) mass is 204 g/mol. The van der Waals surface area contributed by atoms with Crippen molar-refractivity contribution < 1.29 is 0 Å². The Balaban J connectivity index is 1.98. The second-order valence-corrected chi connectivity index (χ2v) is 6.00. The number of allylic oxidation sites excluding steroid dienone is 4. The van der Waals surface area contributed by atoms with Gasteiger partial charge in [0.25, 0.3) is 0 Å². The van der Waals surface area contributed by atoms with E-state index in [9.17, 15) is 0 Å². The first-order valence-electron chi connectivity index (χ1n) is 6.34. The summed E-state index contributed by atoms with van der Waals surface area (Å²) in [5.41, 5.74) is 3.76. The highest BCUT2D eigenvalue weighted by atomic mass is 14.6. The van der Waals surface area contributed by atoms with E-state index in [4.69, 9.17) is 0 Å². The third kappa shape index (κ3) is 1.79. The SMILES string of the molecule is CC(C)=CCC[C@@]1(C)[C@@H]2CC=C(C)[C@@H]1C2. The summed E-state index contributed by atoms with van der Waals surface area (Å²) in [4.78, 5) is 0. The van der Waals surface area contributed by atoms with Crippen LogP contribution in [0.5, 0.6) is 0 Å². The maximum absolute atomic E-state index is 2.52. The third-order valence-corrected chi connectivity index (χ3v) is 4.76. The summed E-state index contributed by atoms with van der Waals surface area (Å²) in [6.07, 6.45) is 10.3. The van der Waals surface area contributed by atoms with E-state index in [1.165, 1.54) is 31.3 Å². The van der Waals surface area contributed by atoms with Crippen molar-refractivity contribution in [2.75, 3.05) is 0 Å². The summed E-state index contributed by atoms with van der Waals surface area (Å²) in [7, 11) is 0. The molecule has 0 unspecified atom stereocenters. The van der Waals surface area contributed by atoms with E-state index < -0.39 is 0 Å². The Labute approximate surface area is 94.5 Å². The number of rotatable bonds is 3. The fourth-order valence-electron chi connectivity index (χ4n) is 3.54. The largest absolute Gasteiger partial charge is 0.0859 e. The Morgan fingerprint density at radius 3 is 2.80 bits per heavy atom. The second kappa shape index (κ2) is 3.81. The van der Waals surface area contributed by atoms with Crippen molar-refractivity contribution in [2.45, 2.75) is 53.4 Å². The summed E-state index contributed by atoms with van der Waals surface area (Å²) in [6, 6.07) is 0. The van der Waals surface area contributed by atoms with Gasteiger partial charge in [-0.15, -0.1) is 0 Å². The second-order valence-electron chi connectivity index (χ2n) is 6.00. The van der Waals surface area contributed by atoms with Crippen molar-refractivity contribution in [2.24, 2.45) is 17.3 Å². The van der Waals surface area contributed by atoms with E-state index in [0.29, 0.717) is 5.41 Å². The van der Waals surface area contributed by atoms with E-state index in [2.05, 4.69) is 39.8 Å². The summed E-state index contributed by atoms with van der Waals surface area (Å²) in [5, 5.41) is 0. The first-order chi connectivity index (χ1) is 7.04. The lowest BCUT2D eigenvalue weighted by Crippen LogP contribution is -2.49. The van der Waals surface area contributed by atoms with Gasteiger partial charge in [0.15, 0.2) is 0 Å². The molecule has 2 bridgehead atoms. The first-order valence-corrected chi connectivity index (χ1v) is 6.34. The molecule has 1 saturated carbocycles. The van der Waals surface area contributed by atoms with Gasteiger partial charge in [0.2, 0.25) is 0 Å². The van der Waals surface area contributed by atoms with Crippen molar-refractivity contribution in [1.29, 1.82) is 0 Å². The molecule has 0 saturated heterocycles. The van der Waals surface area contributed by atoms with Crippen LogP contribution in [0.25, 0.3) is 0 Å². The molecular weight excluding hydrogens is 180 g/mol. The quantitative estimate of drug-likeness (QED) is 0.583. The lowest BCUT2D eigenvalue weighted by Gasteiger charge is -2.58. The molecule has 15 heavy (non-hydrogen) atoms. The lowest BCUT2D eigenvalue weighted by molar-refractivity contribution is -0.0312. The Kier molecular flexibility index (Phi) is 2.79. The van der Waals surface area contributed by atoms with E-state index in [0.717, 1.165) is 11.8 Å². The van der Waals surface area contributed by atoms with E-state index >= 15 is 0 Å². The van der Waals surface area contributed by atoms with Gasteiger partial charge in [-0.1, -0.05) is 30.2 Å². The summed E-state index contributed by atoms with van der Waals surface area (Å²) in [5.74, 6) is 1.89. The van der Waals surface area contributed by atoms with Gasteiger partial charge in [-0.3, -0.25) is 0 Å². The van der Waals surface area contributed by atoms with Crippen LogP contribution in [0.1, 0.15) is 53.4 Å². The van der Waals surface area contributed by atoms with Gasteiger partial charge in [0.05, 0.1) is 0 Å². The third-order valence-electron chi connectivity index (χ3n) is 4.76. The Hall–Kier alpha value is -0.520. The average Bonchev–Trinajstić information content (AvgIpc) is 2.16. The average molecular weight is 204 g/mol. The van der Waals surface area contributed by atoms with E-state index in [1.54, 1.807) is 5.57 Å². The van der Waals surface area contributed by atoms with Gasteiger partial charge < -0.3 is 0 Å². The zero-order chi connectivity index (χ0) is 11.1. The summed E-state index contributed by atoms with van der Waals surface area (Å²) in [6.45, 7) is 9.25. The van der Waals surface area contributed by atoms with E-state index in [-0.39, 0.29) is 0 Å². The van der Waals surface area contributed by atoms with Crippen molar-refractivity contribution in [3.8, 4) is 0 Å². The molecule has 84 valence electrons. The van der Waals surface area contributed by atoms with Crippen molar-refractivity contribution in [3.63, 3.8) is 0 Å². The molecule has 3 atom stereocenters. The molecule has 0 aromatic rings. The highest BCUT2D eigenvalue weighted by Crippen LogP contribution is 2.61. The molecule has 0 N–H and O–H groups in total. The minimum absolute atomic E-state index is 0.630. The molecule has 0 heteroatoms. The van der Waals surface area contributed by atoms with Gasteiger partial charge in [0, 0.05) is 0 Å². The van der Waals surface area contributed by atoms with Crippen LogP contribution in [0.4, 0.5) is 0 Å². The Bertz CT molecular complexity index is 304. The van der Waals surface area contributed by atoms with Crippen LogP contribution < -0.4 is 0 Å². The molecule has 0 amide bonds. The number of hydrogen-bond acceptors (Lipinski definition) is 0. The number of fused-ring (bicyclic) bond motifs is 1. The minimum Gasteiger partial charge on any atom is -0.0859 e. The van der Waals surface area contributed by atoms with Crippen molar-refractivity contribution in [1.82, 2.24) is 0 Å². The molecule has 0 aromatic carbocycles. The van der Waals surface area contributed by atoms with Crippen LogP contribution in [0.3, 0.4) is 0 Å². The van der Waals surface area contributed by atoms with Crippen molar-refractivity contribution >= 4 is 0 Å². The van der Waals surface area contributed by atoms with Gasteiger partial charge in [-0.25, -0.2) is 0 Å². The van der Waals surface area contributed by atoms with E-state index in [1.807, 2.05) is 0 Å². The predicted octanol–water partition coefficient (Wildman–Crippen LogP) is 4.73. The number of hydrogen-bond donors (Lipinski definition) is 0. The van der Waals surface area contributed by atoms with Gasteiger partial charge in [0.1, 0.15) is 0 Å². The maximum atomic E-state index is 2.52. The first kappa shape index (κ1) is 11.0. The predicted molar refractivity (Wildman–Crippen MR) is 66.7 cm³/mol. The van der Waals surface area contributed by atoms with Gasteiger partial charge in [-0.05, 0) is 63.7 Å². The van der Waals surface area contributed by atoms with Crippen LogP contribution in [0.15, 0.2) is 23.3 Å². The molecule has 0 radical (unpaired) electrons. The fraction of sp³-hybridized carbons (Fsp3) is 0.733. The van der Waals surface area contributed by atoms with Gasteiger partial charge in [-0.2, -0.15) is 0 Å². The Morgan fingerprint density at radius 2 is 2.27 bits per heavy atom. The Morgan fingerprint density at radius 1 is 1.53 bits per heavy atom. The zero-order valence-corrected chi connectivity index (χ0v) is 10.6. The maximum Gasteiger partial charge on any atom is -0.0146 e. The summed E-state index contributed by atoms with van der Waals surface area (Å²) < 4.78 is 0. The molecule has 3 aliphatic carbocycles. The van der Waals surface area contributed by atoms with Crippen molar-refractivity contribution in [3.05, 3.63) is 23.3 Å². The molecule has 0 aliphatic heterocycles. The van der Waals surface area contributed by atoms with Crippen LogP contribution in [-0.2, 0) is 0 Å². The molecular formula is C15H24. The molecule has 0 nitrogen and oxygen atoms in total. The molecule has 3 rings (SSSR count). The lowest BCUT2D eigenvalue weighted by atomic mass is 9.47. The highest BCUT2D eigenvalue weighted by Gasteiger charge is 2.52. The highest BCUT2D eigenvalue weighted by molar-refractivity contribution is 5.22. The molecule has 0 spiro atoms. The molecule has 0 heterocycles. The molecule has 1 fully saturated rings. The molecule has 3 aliphatic rings. The topological polar surface area (TPSA) is 0 Å². The van der Waals surface area contributed by atoms with Crippen LogP contribution in [0, 0.1) is 17.3 Å². The van der Waals surface area contributed by atoms with Crippen LogP contribution in [-0.4, -0.2) is 0 Å². The minimum atomic E-state index is 0.630. The van der Waals surface area contributed by atoms with Gasteiger partial charge >= 0.3 is 0 Å². The standard InChI is InChI=1S/C15H24/c1-11(2)6-5-9-15(4)13-8-7-12(3)14(15)10-13/h6-7,13-14H,5,8-10H2,1-4H3/t13-,14+,15+/m1/s1. The smallest absolute Gasteiger partial charge is 0.0146 e. The van der Waals surface area contributed by atoms with Crippen LogP contribution >= 0.6 is 0 Å².